The lowest BCUT2D eigenvalue weighted by atomic mass is 10.0. The fourth-order valence-electron chi connectivity index (χ4n) is 2.46. The summed E-state index contributed by atoms with van der Waals surface area (Å²) in [6, 6.07) is 5.78. The number of fused-ring (bicyclic) bond motifs is 1. The molecule has 2 aromatic rings. The van der Waals surface area contributed by atoms with Crippen LogP contribution in [0.15, 0.2) is 18.2 Å². The second-order valence-corrected chi connectivity index (χ2v) is 5.22. The molecule has 0 saturated heterocycles. The number of hydrogen-bond donors (Lipinski definition) is 1. The van der Waals surface area contributed by atoms with Gasteiger partial charge >= 0.3 is 5.97 Å². The van der Waals surface area contributed by atoms with Crippen LogP contribution in [0.25, 0.3) is 10.9 Å². The van der Waals surface area contributed by atoms with Gasteiger partial charge in [-0.2, -0.15) is 0 Å². The van der Waals surface area contributed by atoms with Gasteiger partial charge in [-0.15, -0.1) is 0 Å². The first kappa shape index (κ1) is 15.1. The lowest BCUT2D eigenvalue weighted by molar-refractivity contribution is -0.136. The zero-order chi connectivity index (χ0) is 15.6. The fraction of sp³-hybridized carbons (Fsp3) is 0.375. The van der Waals surface area contributed by atoms with E-state index in [4.69, 9.17) is 9.84 Å². The molecule has 1 N–H and O–H groups in total. The number of rotatable bonds is 5. The highest BCUT2D eigenvalue weighted by molar-refractivity contribution is 5.98. The van der Waals surface area contributed by atoms with E-state index < -0.39 is 5.97 Å². The van der Waals surface area contributed by atoms with Gasteiger partial charge in [0.1, 0.15) is 11.3 Å². The lowest BCUT2D eigenvalue weighted by Crippen LogP contribution is -2.11. The van der Waals surface area contributed by atoms with Crippen LogP contribution in [-0.4, -0.2) is 37.3 Å². The highest BCUT2D eigenvalue weighted by Crippen LogP contribution is 2.34. The van der Waals surface area contributed by atoms with E-state index in [1.54, 1.807) is 7.11 Å². The molecule has 0 unspecified atom stereocenters. The molecule has 0 fully saturated rings. The first-order valence-corrected chi connectivity index (χ1v) is 6.80. The Bertz CT molecular complexity index is 681. The van der Waals surface area contributed by atoms with Crippen molar-refractivity contribution >= 4 is 22.6 Å². The summed E-state index contributed by atoms with van der Waals surface area (Å²) in [5.41, 5.74) is 3.69. The molecule has 0 atom stereocenters. The molecule has 0 bridgehead atoms. The van der Waals surface area contributed by atoms with Crippen molar-refractivity contribution in [1.29, 1.82) is 0 Å². The number of aromatic nitrogens is 1. The Morgan fingerprint density at radius 3 is 2.67 bits per heavy atom. The van der Waals surface area contributed by atoms with E-state index in [2.05, 4.69) is 4.98 Å². The van der Waals surface area contributed by atoms with Crippen molar-refractivity contribution < 1.29 is 14.6 Å². The maximum Gasteiger partial charge on any atom is 0.303 e. The third kappa shape index (κ3) is 3.07. The van der Waals surface area contributed by atoms with Crippen LogP contribution in [0.5, 0.6) is 5.75 Å². The number of aliphatic carboxylic acids is 1. The van der Waals surface area contributed by atoms with Crippen LogP contribution >= 0.6 is 0 Å². The zero-order valence-electron chi connectivity index (χ0n) is 12.8. The standard InChI is InChI=1S/C16H20N2O3/c1-10-9-12(18(2)3)15-11(6-8-14(19)20)5-7-13(21-4)16(15)17-10/h5,7,9H,6,8H2,1-4H3,(H,19,20). The summed E-state index contributed by atoms with van der Waals surface area (Å²) >= 11 is 0. The lowest BCUT2D eigenvalue weighted by Gasteiger charge is -2.19. The third-order valence-electron chi connectivity index (χ3n) is 3.43. The Labute approximate surface area is 124 Å². The van der Waals surface area contributed by atoms with Crippen LogP contribution in [0, 0.1) is 6.92 Å². The molecule has 1 heterocycles. The molecular formula is C16H20N2O3. The maximum absolute atomic E-state index is 10.9. The smallest absolute Gasteiger partial charge is 0.303 e. The van der Waals surface area contributed by atoms with E-state index in [1.807, 2.05) is 44.1 Å². The Hall–Kier alpha value is -2.30. The van der Waals surface area contributed by atoms with Crippen LogP contribution in [0.3, 0.4) is 0 Å². The van der Waals surface area contributed by atoms with Crippen molar-refractivity contribution in [2.24, 2.45) is 0 Å². The number of benzene rings is 1. The quantitative estimate of drug-likeness (QED) is 0.916. The number of methoxy groups -OCH3 is 1. The summed E-state index contributed by atoms with van der Waals surface area (Å²) in [5, 5.41) is 9.88. The van der Waals surface area contributed by atoms with E-state index in [0.29, 0.717) is 12.2 Å². The third-order valence-corrected chi connectivity index (χ3v) is 3.43. The SMILES string of the molecule is COc1ccc(CCC(=O)O)c2c(N(C)C)cc(C)nc12. The van der Waals surface area contributed by atoms with E-state index in [0.717, 1.165) is 27.8 Å². The molecule has 5 nitrogen and oxygen atoms in total. The average molecular weight is 288 g/mol. The van der Waals surface area contributed by atoms with E-state index in [-0.39, 0.29) is 6.42 Å². The number of anilines is 1. The Morgan fingerprint density at radius 1 is 1.38 bits per heavy atom. The van der Waals surface area contributed by atoms with Gasteiger partial charge in [0.05, 0.1) is 7.11 Å². The number of aryl methyl sites for hydroxylation is 2. The van der Waals surface area contributed by atoms with Gasteiger partial charge < -0.3 is 14.7 Å². The minimum absolute atomic E-state index is 0.0994. The Kier molecular flexibility index (Phi) is 4.31. The van der Waals surface area contributed by atoms with Gasteiger partial charge in [-0.05, 0) is 31.0 Å². The predicted molar refractivity (Wildman–Crippen MR) is 83.3 cm³/mol. The maximum atomic E-state index is 10.9. The molecule has 5 heteroatoms. The second kappa shape index (κ2) is 5.99. The average Bonchev–Trinajstić information content (AvgIpc) is 2.43. The number of pyridine rings is 1. The number of carbonyl (C=O) groups is 1. The van der Waals surface area contributed by atoms with E-state index in [9.17, 15) is 4.79 Å². The summed E-state index contributed by atoms with van der Waals surface area (Å²) < 4.78 is 5.40. The summed E-state index contributed by atoms with van der Waals surface area (Å²) in [7, 11) is 5.55. The highest BCUT2D eigenvalue weighted by atomic mass is 16.5. The molecule has 0 spiro atoms. The molecule has 0 saturated carbocycles. The van der Waals surface area contributed by atoms with Crippen LogP contribution in [-0.2, 0) is 11.2 Å². The topological polar surface area (TPSA) is 62.7 Å². The van der Waals surface area contributed by atoms with Crippen molar-refractivity contribution in [3.63, 3.8) is 0 Å². The molecule has 21 heavy (non-hydrogen) atoms. The Morgan fingerprint density at radius 2 is 2.10 bits per heavy atom. The van der Waals surface area contributed by atoms with E-state index >= 15 is 0 Å². The second-order valence-electron chi connectivity index (χ2n) is 5.22. The molecule has 0 aliphatic rings. The summed E-state index contributed by atoms with van der Waals surface area (Å²) in [4.78, 5) is 17.4. The van der Waals surface area contributed by atoms with Crippen LogP contribution < -0.4 is 9.64 Å². The molecule has 112 valence electrons. The van der Waals surface area contributed by atoms with Crippen molar-refractivity contribution in [3.8, 4) is 5.75 Å². The first-order valence-electron chi connectivity index (χ1n) is 6.80. The largest absolute Gasteiger partial charge is 0.494 e. The minimum atomic E-state index is -0.801. The van der Waals surface area contributed by atoms with Gasteiger partial charge in [-0.1, -0.05) is 6.07 Å². The van der Waals surface area contributed by atoms with Gasteiger partial charge in [0, 0.05) is 37.3 Å². The normalized spacial score (nSPS) is 10.7. The molecule has 0 aliphatic carbocycles. The monoisotopic (exact) mass is 288 g/mol. The molecule has 1 aromatic heterocycles. The summed E-state index contributed by atoms with van der Waals surface area (Å²) in [6.45, 7) is 1.94. The van der Waals surface area contributed by atoms with Crippen molar-refractivity contribution in [3.05, 3.63) is 29.5 Å². The number of nitrogens with zero attached hydrogens (tertiary/aromatic N) is 2. The van der Waals surface area contributed by atoms with Crippen LogP contribution in [0.1, 0.15) is 17.7 Å². The molecule has 0 radical (unpaired) electrons. The van der Waals surface area contributed by atoms with Crippen LogP contribution in [0.2, 0.25) is 0 Å². The highest BCUT2D eigenvalue weighted by Gasteiger charge is 2.15. The molecule has 0 aliphatic heterocycles. The zero-order valence-corrected chi connectivity index (χ0v) is 12.8. The van der Waals surface area contributed by atoms with Gasteiger partial charge in [0.2, 0.25) is 0 Å². The van der Waals surface area contributed by atoms with Gasteiger partial charge in [-0.25, -0.2) is 4.98 Å². The summed E-state index contributed by atoms with van der Waals surface area (Å²) in [6.07, 6.45) is 0.573. The van der Waals surface area contributed by atoms with Crippen molar-refractivity contribution in [2.75, 3.05) is 26.1 Å². The summed E-state index contributed by atoms with van der Waals surface area (Å²) in [5.74, 6) is -0.0960. The molecule has 0 amide bonds. The van der Waals surface area contributed by atoms with Crippen molar-refractivity contribution in [1.82, 2.24) is 4.98 Å². The number of hydrogen-bond acceptors (Lipinski definition) is 4. The molecule has 1 aromatic carbocycles. The minimum Gasteiger partial charge on any atom is -0.494 e. The number of carboxylic acids is 1. The van der Waals surface area contributed by atoms with Gasteiger partial charge in [0.15, 0.2) is 0 Å². The van der Waals surface area contributed by atoms with Gasteiger partial charge in [0.25, 0.3) is 0 Å². The van der Waals surface area contributed by atoms with Crippen LogP contribution in [0.4, 0.5) is 5.69 Å². The molecule has 2 rings (SSSR count). The fourth-order valence-corrected chi connectivity index (χ4v) is 2.46. The first-order chi connectivity index (χ1) is 9.93. The van der Waals surface area contributed by atoms with Crippen molar-refractivity contribution in [2.45, 2.75) is 19.8 Å². The van der Waals surface area contributed by atoms with Gasteiger partial charge in [-0.3, -0.25) is 4.79 Å². The van der Waals surface area contributed by atoms with E-state index in [1.165, 1.54) is 0 Å². The molecular weight excluding hydrogens is 268 g/mol. The predicted octanol–water partition coefficient (Wildman–Crippen LogP) is 2.64. The number of ether oxygens (including phenoxy) is 1. The number of carboxylic acid groups (broad SMARTS) is 1. The Balaban J connectivity index is 2.72.